The van der Waals surface area contributed by atoms with E-state index >= 15 is 0 Å². The van der Waals surface area contributed by atoms with Crippen LogP contribution in [0.25, 0.3) is 11.0 Å². The third-order valence-corrected chi connectivity index (χ3v) is 4.61. The quantitative estimate of drug-likeness (QED) is 0.561. The van der Waals surface area contributed by atoms with E-state index in [9.17, 15) is 14.4 Å². The van der Waals surface area contributed by atoms with Crippen LogP contribution >= 0.6 is 0 Å². The zero-order valence-electron chi connectivity index (χ0n) is 14.2. The van der Waals surface area contributed by atoms with Gasteiger partial charge < -0.3 is 19.0 Å². The number of carbonyl (C=O) groups excluding carboxylic acids is 1. The summed E-state index contributed by atoms with van der Waals surface area (Å²) in [5, 5.41) is 9.65. The smallest absolute Gasteiger partial charge is 0.348 e. The van der Waals surface area contributed by atoms with E-state index in [1.807, 2.05) is 0 Å². The molecule has 7 nitrogen and oxygen atoms in total. The molecule has 1 aliphatic heterocycles. The Balaban J connectivity index is 1.93. The molecule has 2 aromatic carbocycles. The van der Waals surface area contributed by atoms with Gasteiger partial charge in [-0.05, 0) is 29.8 Å². The van der Waals surface area contributed by atoms with Gasteiger partial charge in [-0.25, -0.2) is 14.4 Å². The van der Waals surface area contributed by atoms with Crippen molar-refractivity contribution in [1.82, 2.24) is 0 Å². The minimum atomic E-state index is -1.07. The number of hydrogen-bond donors (Lipinski definition) is 1. The fourth-order valence-electron chi connectivity index (χ4n) is 3.35. The fourth-order valence-corrected chi connectivity index (χ4v) is 3.35. The van der Waals surface area contributed by atoms with Gasteiger partial charge in [-0.15, -0.1) is 0 Å². The Bertz CT molecular complexity index is 1110. The van der Waals surface area contributed by atoms with E-state index in [2.05, 4.69) is 0 Å². The van der Waals surface area contributed by atoms with Gasteiger partial charge in [-0.1, -0.05) is 24.3 Å². The largest absolute Gasteiger partial charge is 0.478 e. The van der Waals surface area contributed by atoms with Crippen LogP contribution in [0.3, 0.4) is 0 Å². The van der Waals surface area contributed by atoms with Crippen molar-refractivity contribution < 1.29 is 28.6 Å². The highest BCUT2D eigenvalue weighted by molar-refractivity contribution is 5.89. The number of ether oxygens (including phenoxy) is 2. The summed E-state index contributed by atoms with van der Waals surface area (Å²) in [7, 11) is 1.24. The lowest BCUT2D eigenvalue weighted by Crippen LogP contribution is -2.31. The number of benzene rings is 2. The number of para-hydroxylation sites is 1. The normalized spacial score (nSPS) is 18.0. The number of carboxylic acids is 1. The van der Waals surface area contributed by atoms with Crippen LogP contribution in [0.4, 0.5) is 0 Å². The van der Waals surface area contributed by atoms with Gasteiger partial charge in [0.1, 0.15) is 11.3 Å². The Morgan fingerprint density at radius 1 is 1.07 bits per heavy atom. The molecular weight excluding hydrogens is 352 g/mol. The van der Waals surface area contributed by atoms with Crippen molar-refractivity contribution >= 4 is 22.9 Å². The Morgan fingerprint density at radius 3 is 2.44 bits per heavy atom. The van der Waals surface area contributed by atoms with E-state index in [-0.39, 0.29) is 16.9 Å². The van der Waals surface area contributed by atoms with Gasteiger partial charge in [0, 0.05) is 0 Å². The summed E-state index contributed by atoms with van der Waals surface area (Å²) in [6, 6.07) is 12.8. The van der Waals surface area contributed by atoms with Crippen molar-refractivity contribution in [1.29, 1.82) is 0 Å². The van der Waals surface area contributed by atoms with E-state index in [4.69, 9.17) is 19.0 Å². The molecule has 7 heteroatoms. The maximum absolute atomic E-state index is 12.6. The van der Waals surface area contributed by atoms with Crippen LogP contribution in [0, 0.1) is 0 Å². The van der Waals surface area contributed by atoms with Crippen molar-refractivity contribution in [2.24, 2.45) is 0 Å². The van der Waals surface area contributed by atoms with E-state index in [1.54, 1.807) is 36.4 Å². The summed E-state index contributed by atoms with van der Waals surface area (Å²) in [4.78, 5) is 36.0. The third kappa shape index (κ3) is 2.64. The fraction of sp³-hybridized carbons (Fsp3) is 0.150. The summed E-state index contributed by atoms with van der Waals surface area (Å²) in [6.07, 6.45) is -1.07. The first-order valence-corrected chi connectivity index (χ1v) is 8.14. The van der Waals surface area contributed by atoms with Crippen LogP contribution in [-0.2, 0) is 9.53 Å². The second-order valence-corrected chi connectivity index (χ2v) is 6.09. The molecule has 0 spiro atoms. The average molecular weight is 366 g/mol. The summed E-state index contributed by atoms with van der Waals surface area (Å²) >= 11 is 0. The summed E-state index contributed by atoms with van der Waals surface area (Å²) in [6.45, 7) is 0. The molecule has 0 unspecified atom stereocenters. The number of fused-ring (bicyclic) bond motifs is 3. The van der Waals surface area contributed by atoms with Gasteiger partial charge in [-0.2, -0.15) is 0 Å². The van der Waals surface area contributed by atoms with E-state index in [0.717, 1.165) is 0 Å². The number of methoxy groups -OCH3 is 1. The van der Waals surface area contributed by atoms with Crippen LogP contribution in [0.2, 0.25) is 0 Å². The Morgan fingerprint density at radius 2 is 1.78 bits per heavy atom. The molecule has 0 bridgehead atoms. The lowest BCUT2D eigenvalue weighted by atomic mass is 9.88. The zero-order valence-corrected chi connectivity index (χ0v) is 14.2. The number of carbonyl (C=O) groups is 2. The molecule has 0 aliphatic carbocycles. The highest BCUT2D eigenvalue weighted by atomic mass is 16.6. The van der Waals surface area contributed by atoms with Gasteiger partial charge in [0.2, 0.25) is 6.10 Å². The summed E-state index contributed by atoms with van der Waals surface area (Å²) < 4.78 is 16.1. The molecule has 4 rings (SSSR count). The van der Waals surface area contributed by atoms with E-state index in [1.165, 1.54) is 19.2 Å². The van der Waals surface area contributed by atoms with Crippen molar-refractivity contribution in [3.8, 4) is 5.75 Å². The van der Waals surface area contributed by atoms with Gasteiger partial charge >= 0.3 is 17.6 Å². The maximum atomic E-state index is 12.6. The molecule has 1 N–H and O–H groups in total. The molecule has 1 aliphatic rings. The summed E-state index contributed by atoms with van der Waals surface area (Å²) in [5.41, 5.74) is 0.608. The molecule has 136 valence electrons. The predicted molar refractivity (Wildman–Crippen MR) is 94.2 cm³/mol. The summed E-state index contributed by atoms with van der Waals surface area (Å²) in [5.74, 6) is -2.19. The monoisotopic (exact) mass is 366 g/mol. The lowest BCUT2D eigenvalue weighted by molar-refractivity contribution is -0.148. The SMILES string of the molecule is COC(=O)[C@@H]1Oc2c(c(=O)oc3ccccc23)[C@H]1c1ccc(C(=O)O)cc1. The molecule has 0 saturated heterocycles. The molecule has 1 aromatic heterocycles. The van der Waals surface area contributed by atoms with Crippen molar-refractivity contribution in [3.05, 3.63) is 75.6 Å². The first-order chi connectivity index (χ1) is 13.0. The molecular formula is C20H14O7. The molecule has 2 atom stereocenters. The average Bonchev–Trinajstić information content (AvgIpc) is 3.09. The molecule has 0 radical (unpaired) electrons. The molecule has 0 amide bonds. The van der Waals surface area contributed by atoms with Gasteiger partial charge in [-0.3, -0.25) is 0 Å². The van der Waals surface area contributed by atoms with E-state index in [0.29, 0.717) is 16.5 Å². The topological polar surface area (TPSA) is 103 Å². The highest BCUT2D eigenvalue weighted by Crippen LogP contribution is 2.44. The highest BCUT2D eigenvalue weighted by Gasteiger charge is 2.44. The number of rotatable bonds is 3. The predicted octanol–water partition coefficient (Wildman–Crippen LogP) is 2.56. The van der Waals surface area contributed by atoms with Gasteiger partial charge in [0.05, 0.1) is 29.5 Å². The van der Waals surface area contributed by atoms with E-state index < -0.39 is 29.6 Å². The minimum absolute atomic E-state index is 0.0954. The number of aromatic carboxylic acids is 1. The Labute approximate surface area is 152 Å². The minimum Gasteiger partial charge on any atom is -0.478 e. The number of carboxylic acid groups (broad SMARTS) is 1. The number of esters is 1. The van der Waals surface area contributed by atoms with Gasteiger partial charge in [0.15, 0.2) is 0 Å². The van der Waals surface area contributed by atoms with Crippen molar-refractivity contribution in [3.63, 3.8) is 0 Å². The van der Waals surface area contributed by atoms with Crippen LogP contribution in [0.5, 0.6) is 5.75 Å². The second kappa shape index (κ2) is 6.28. The van der Waals surface area contributed by atoms with Crippen LogP contribution in [-0.4, -0.2) is 30.3 Å². The maximum Gasteiger partial charge on any atom is 0.348 e. The molecule has 2 heterocycles. The Hall–Kier alpha value is -3.61. The van der Waals surface area contributed by atoms with Crippen molar-refractivity contribution in [2.45, 2.75) is 12.0 Å². The zero-order chi connectivity index (χ0) is 19.1. The van der Waals surface area contributed by atoms with Crippen LogP contribution < -0.4 is 10.4 Å². The first-order valence-electron chi connectivity index (χ1n) is 8.14. The second-order valence-electron chi connectivity index (χ2n) is 6.09. The Kier molecular flexibility index (Phi) is 3.92. The molecule has 3 aromatic rings. The van der Waals surface area contributed by atoms with Crippen LogP contribution in [0.1, 0.15) is 27.4 Å². The molecule has 27 heavy (non-hydrogen) atoms. The number of hydrogen-bond acceptors (Lipinski definition) is 6. The standard InChI is InChI=1S/C20H14O7/c1-25-20(24)17-14(10-6-8-11(9-7-10)18(21)22)15-16(27-17)12-4-2-3-5-13(12)26-19(15)23/h2-9,14,17H,1H3,(H,21,22)/t14-,17-/m1/s1. The van der Waals surface area contributed by atoms with Crippen molar-refractivity contribution in [2.75, 3.05) is 7.11 Å². The molecule has 0 saturated carbocycles. The third-order valence-electron chi connectivity index (χ3n) is 4.61. The molecule has 0 fully saturated rings. The van der Waals surface area contributed by atoms with Gasteiger partial charge in [0.25, 0.3) is 0 Å². The first kappa shape index (κ1) is 16.8. The lowest BCUT2D eigenvalue weighted by Gasteiger charge is -2.16. The van der Waals surface area contributed by atoms with Crippen LogP contribution in [0.15, 0.2) is 57.7 Å².